The minimum atomic E-state index is -4.35. The van der Waals surface area contributed by atoms with Gasteiger partial charge in [-0.25, -0.2) is 0 Å². The molecule has 1 saturated heterocycles. The smallest absolute Gasteiger partial charge is 0.322 e. The quantitative estimate of drug-likeness (QED) is 0.716. The van der Waals surface area contributed by atoms with Crippen LogP contribution in [0.15, 0.2) is 60.7 Å². The largest absolute Gasteiger partial charge is 0.416 e. The summed E-state index contributed by atoms with van der Waals surface area (Å²) in [5, 5.41) is -0.254. The number of amides is 1. The molecule has 0 N–H and O–H groups in total. The van der Waals surface area contributed by atoms with Crippen LogP contribution >= 0.6 is 11.8 Å². The summed E-state index contributed by atoms with van der Waals surface area (Å²) >= 11 is 1.56. The van der Waals surface area contributed by atoms with Crippen molar-refractivity contribution in [2.45, 2.75) is 11.6 Å². The summed E-state index contributed by atoms with van der Waals surface area (Å²) in [6.45, 7) is 0.578. The van der Waals surface area contributed by atoms with Crippen molar-refractivity contribution in [3.05, 3.63) is 77.4 Å². The van der Waals surface area contributed by atoms with Gasteiger partial charge >= 0.3 is 6.18 Å². The molecule has 0 radical (unpaired) electrons. The first-order valence-corrected chi connectivity index (χ1v) is 8.82. The molecule has 1 heterocycles. The zero-order valence-corrected chi connectivity index (χ0v) is 14.1. The highest BCUT2D eigenvalue weighted by atomic mass is 32.2. The van der Waals surface area contributed by atoms with E-state index < -0.39 is 11.7 Å². The fraction of sp³-hybridized carbons (Fsp3) is 0.211. The van der Waals surface area contributed by atoms with E-state index in [1.165, 1.54) is 18.2 Å². The van der Waals surface area contributed by atoms with Crippen molar-refractivity contribution in [2.75, 3.05) is 12.3 Å². The number of alkyl halides is 3. The second-order valence-corrected chi connectivity index (χ2v) is 6.81. The predicted molar refractivity (Wildman–Crippen MR) is 93.8 cm³/mol. The molecule has 0 unspecified atom stereocenters. The number of benzene rings is 2. The highest BCUT2D eigenvalue weighted by molar-refractivity contribution is 7.99. The summed E-state index contributed by atoms with van der Waals surface area (Å²) in [5.74, 6) is 0.620. The average Bonchev–Trinajstić information content (AvgIpc) is 3.10. The summed E-state index contributed by atoms with van der Waals surface area (Å²) in [4.78, 5) is 14.2. The maximum absolute atomic E-state index is 12.7. The zero-order chi connectivity index (χ0) is 17.9. The first-order chi connectivity index (χ1) is 11.9. The second kappa shape index (κ2) is 7.35. The number of nitrogens with zero attached hydrogens (tertiary/aromatic N) is 1. The molecule has 0 saturated carbocycles. The molecule has 1 amide bonds. The lowest BCUT2D eigenvalue weighted by molar-refractivity contribution is -0.137. The molecule has 0 aromatic heterocycles. The number of carbonyl (C=O) groups is 1. The van der Waals surface area contributed by atoms with E-state index in [9.17, 15) is 18.0 Å². The molecule has 0 aliphatic carbocycles. The van der Waals surface area contributed by atoms with Crippen LogP contribution in [-0.4, -0.2) is 23.1 Å². The monoisotopic (exact) mass is 363 g/mol. The lowest BCUT2D eigenvalue weighted by atomic mass is 10.1. The Hall–Kier alpha value is -2.21. The number of hydrogen-bond donors (Lipinski definition) is 0. The molecule has 130 valence electrons. The topological polar surface area (TPSA) is 20.3 Å². The molecule has 2 aromatic carbocycles. The lowest BCUT2D eigenvalue weighted by Gasteiger charge is -2.23. The van der Waals surface area contributed by atoms with Gasteiger partial charge in [0.25, 0.3) is 0 Å². The minimum Gasteiger partial charge on any atom is -0.322 e. The van der Waals surface area contributed by atoms with Crippen LogP contribution in [0.5, 0.6) is 0 Å². The van der Waals surface area contributed by atoms with Crippen LogP contribution in [0.2, 0.25) is 0 Å². The van der Waals surface area contributed by atoms with Gasteiger partial charge in [0.05, 0.1) is 5.56 Å². The van der Waals surface area contributed by atoms with Gasteiger partial charge in [-0.3, -0.25) is 4.79 Å². The first kappa shape index (κ1) is 17.6. The van der Waals surface area contributed by atoms with Gasteiger partial charge in [-0.2, -0.15) is 13.2 Å². The van der Waals surface area contributed by atoms with Crippen LogP contribution in [0, 0.1) is 0 Å². The maximum Gasteiger partial charge on any atom is 0.416 e. The maximum atomic E-state index is 12.7. The van der Waals surface area contributed by atoms with Gasteiger partial charge in [0.15, 0.2) is 0 Å². The van der Waals surface area contributed by atoms with E-state index in [-0.39, 0.29) is 11.3 Å². The minimum absolute atomic E-state index is 0.140. The molecule has 0 spiro atoms. The highest BCUT2D eigenvalue weighted by Crippen LogP contribution is 2.39. The van der Waals surface area contributed by atoms with E-state index in [0.29, 0.717) is 12.1 Å². The normalized spacial score (nSPS) is 18.0. The Morgan fingerprint density at radius 3 is 2.40 bits per heavy atom. The molecule has 1 aliphatic heterocycles. The molecule has 1 fully saturated rings. The van der Waals surface area contributed by atoms with E-state index in [2.05, 4.69) is 0 Å². The molecule has 1 atom stereocenters. The van der Waals surface area contributed by atoms with Gasteiger partial charge in [0.2, 0.25) is 5.91 Å². The molecule has 6 heteroatoms. The molecule has 1 aliphatic rings. The third-order valence-corrected chi connectivity index (χ3v) is 5.18. The fourth-order valence-electron chi connectivity index (χ4n) is 2.64. The summed E-state index contributed by atoms with van der Waals surface area (Å²) in [6.07, 6.45) is -1.09. The average molecular weight is 363 g/mol. The molecule has 0 bridgehead atoms. The second-order valence-electron chi connectivity index (χ2n) is 5.62. The Labute approximate surface area is 148 Å². The van der Waals surface area contributed by atoms with Crippen LogP contribution in [0.1, 0.15) is 22.1 Å². The standard InChI is InChI=1S/C19H16F3NOS/c20-19(21,22)16-9-7-15(8-10-16)18-23(12-13-25-18)17(24)11-6-14-4-2-1-3-5-14/h1-11,18H,12-13H2/b11-6+/t18-/m1/s1. The van der Waals surface area contributed by atoms with Crippen molar-refractivity contribution in [1.82, 2.24) is 4.90 Å². The van der Waals surface area contributed by atoms with Crippen molar-refractivity contribution >= 4 is 23.7 Å². The van der Waals surface area contributed by atoms with Crippen molar-refractivity contribution in [2.24, 2.45) is 0 Å². The predicted octanol–water partition coefficient (Wildman–Crippen LogP) is 4.99. The van der Waals surface area contributed by atoms with E-state index in [0.717, 1.165) is 23.4 Å². The van der Waals surface area contributed by atoms with Crippen LogP contribution in [-0.2, 0) is 11.0 Å². The number of halogens is 3. The summed E-state index contributed by atoms with van der Waals surface area (Å²) in [5.41, 5.74) is 0.951. The lowest BCUT2D eigenvalue weighted by Crippen LogP contribution is -2.28. The number of hydrogen-bond acceptors (Lipinski definition) is 2. The fourth-order valence-corrected chi connectivity index (χ4v) is 3.90. The van der Waals surface area contributed by atoms with E-state index in [1.807, 2.05) is 30.3 Å². The SMILES string of the molecule is O=C(/C=C/c1ccccc1)N1CCS[C@@H]1c1ccc(C(F)(F)F)cc1. The summed E-state index contributed by atoms with van der Waals surface area (Å²) in [7, 11) is 0. The third-order valence-electron chi connectivity index (χ3n) is 3.92. The summed E-state index contributed by atoms with van der Waals surface area (Å²) in [6, 6.07) is 14.5. The van der Waals surface area contributed by atoms with Crippen LogP contribution < -0.4 is 0 Å². The van der Waals surface area contributed by atoms with Crippen molar-refractivity contribution in [3.8, 4) is 0 Å². The molecule has 2 aromatic rings. The van der Waals surface area contributed by atoms with Crippen LogP contribution in [0.4, 0.5) is 13.2 Å². The molecule has 3 rings (SSSR count). The Kier molecular flexibility index (Phi) is 5.18. The van der Waals surface area contributed by atoms with E-state index >= 15 is 0 Å². The van der Waals surface area contributed by atoms with Gasteiger partial charge < -0.3 is 4.90 Å². The van der Waals surface area contributed by atoms with Gasteiger partial charge in [-0.1, -0.05) is 42.5 Å². The first-order valence-electron chi connectivity index (χ1n) is 7.77. The number of carbonyl (C=O) groups excluding carboxylic acids is 1. The van der Waals surface area contributed by atoms with Crippen molar-refractivity contribution < 1.29 is 18.0 Å². The molecular formula is C19H16F3NOS. The zero-order valence-electron chi connectivity index (χ0n) is 13.2. The Balaban J connectivity index is 1.74. The Morgan fingerprint density at radius 2 is 1.76 bits per heavy atom. The van der Waals surface area contributed by atoms with Crippen molar-refractivity contribution in [3.63, 3.8) is 0 Å². The van der Waals surface area contributed by atoms with Crippen molar-refractivity contribution in [1.29, 1.82) is 0 Å². The molecular weight excluding hydrogens is 347 g/mol. The van der Waals surface area contributed by atoms with Gasteiger partial charge in [-0.05, 0) is 29.3 Å². The van der Waals surface area contributed by atoms with E-state index in [4.69, 9.17) is 0 Å². The number of thioether (sulfide) groups is 1. The molecule has 2 nitrogen and oxygen atoms in total. The highest BCUT2D eigenvalue weighted by Gasteiger charge is 2.32. The Bertz CT molecular complexity index is 756. The summed E-state index contributed by atoms with van der Waals surface area (Å²) < 4.78 is 38.1. The van der Waals surface area contributed by atoms with Crippen LogP contribution in [0.25, 0.3) is 6.08 Å². The third kappa shape index (κ3) is 4.25. The van der Waals surface area contributed by atoms with E-state index in [1.54, 1.807) is 22.7 Å². The Morgan fingerprint density at radius 1 is 1.08 bits per heavy atom. The molecule has 25 heavy (non-hydrogen) atoms. The van der Waals surface area contributed by atoms with Gasteiger partial charge in [0.1, 0.15) is 5.37 Å². The number of rotatable bonds is 3. The van der Waals surface area contributed by atoms with Gasteiger partial charge in [-0.15, -0.1) is 11.8 Å². The van der Waals surface area contributed by atoms with Crippen LogP contribution in [0.3, 0.4) is 0 Å². The van der Waals surface area contributed by atoms with Gasteiger partial charge in [0, 0.05) is 18.4 Å².